The van der Waals surface area contributed by atoms with Crippen molar-refractivity contribution in [1.29, 1.82) is 0 Å². The molecule has 1 aliphatic rings. The number of hydrogen-bond donors (Lipinski definition) is 1. The van der Waals surface area contributed by atoms with Crippen molar-refractivity contribution in [2.24, 2.45) is 0 Å². The zero-order valence-electron chi connectivity index (χ0n) is 10.9. The third kappa shape index (κ3) is 3.39. The smallest absolute Gasteiger partial charge is 0.251 e. The molecule has 0 aliphatic carbocycles. The Bertz CT molecular complexity index is 683. The van der Waals surface area contributed by atoms with Crippen molar-refractivity contribution < 1.29 is 14.3 Å². The van der Waals surface area contributed by atoms with E-state index in [4.69, 9.17) is 9.47 Å². The first kappa shape index (κ1) is 14.4. The topological polar surface area (TPSA) is 47.6 Å². The molecule has 21 heavy (non-hydrogen) atoms. The van der Waals surface area contributed by atoms with Crippen LogP contribution in [0.25, 0.3) is 0 Å². The van der Waals surface area contributed by atoms with Crippen LogP contribution in [0.3, 0.4) is 0 Å². The fourth-order valence-corrected chi connectivity index (χ4v) is 3.31. The van der Waals surface area contributed by atoms with Gasteiger partial charge in [-0.05, 0) is 35.9 Å². The monoisotopic (exact) mass is 411 g/mol. The molecular weight excluding hydrogens is 402 g/mol. The Labute approximate surface area is 138 Å². The van der Waals surface area contributed by atoms with E-state index in [1.165, 1.54) is 0 Å². The summed E-state index contributed by atoms with van der Waals surface area (Å²) in [6.07, 6.45) is 0. The molecule has 0 aromatic heterocycles. The molecule has 1 aliphatic heterocycles. The number of carbonyl (C=O) groups is 1. The second-order valence-electron chi connectivity index (χ2n) is 4.53. The molecular formula is C15H11Br2NO3. The number of rotatable bonds is 3. The van der Waals surface area contributed by atoms with Gasteiger partial charge in [-0.3, -0.25) is 4.79 Å². The number of carbonyl (C=O) groups excluding carboxylic acids is 1. The van der Waals surface area contributed by atoms with E-state index in [9.17, 15) is 4.79 Å². The van der Waals surface area contributed by atoms with Gasteiger partial charge >= 0.3 is 0 Å². The first-order chi connectivity index (χ1) is 10.1. The van der Waals surface area contributed by atoms with Gasteiger partial charge in [0, 0.05) is 21.1 Å². The summed E-state index contributed by atoms with van der Waals surface area (Å²) in [7, 11) is 0. The summed E-state index contributed by atoms with van der Waals surface area (Å²) in [6.45, 7) is 0.677. The summed E-state index contributed by atoms with van der Waals surface area (Å²) in [5.41, 5.74) is 1.55. The molecule has 2 aromatic rings. The summed E-state index contributed by atoms with van der Waals surface area (Å²) in [5, 5.41) is 2.88. The fourth-order valence-electron chi connectivity index (χ4n) is 2.02. The van der Waals surface area contributed by atoms with E-state index in [0.29, 0.717) is 17.9 Å². The van der Waals surface area contributed by atoms with Crippen LogP contribution in [0.1, 0.15) is 15.9 Å². The summed E-state index contributed by atoms with van der Waals surface area (Å²) in [6, 6.07) is 11.1. The van der Waals surface area contributed by atoms with Crippen LogP contribution in [0, 0.1) is 0 Å². The lowest BCUT2D eigenvalue weighted by molar-refractivity contribution is 0.0950. The van der Waals surface area contributed by atoms with Crippen LogP contribution in [0.5, 0.6) is 11.5 Å². The first-order valence-corrected chi connectivity index (χ1v) is 7.83. The quantitative estimate of drug-likeness (QED) is 0.832. The molecule has 1 heterocycles. The van der Waals surface area contributed by atoms with Crippen LogP contribution in [-0.2, 0) is 6.54 Å². The van der Waals surface area contributed by atoms with E-state index in [1.807, 2.05) is 24.3 Å². The molecule has 3 rings (SSSR count). The van der Waals surface area contributed by atoms with E-state index in [0.717, 1.165) is 20.3 Å². The first-order valence-electron chi connectivity index (χ1n) is 6.24. The summed E-state index contributed by atoms with van der Waals surface area (Å²) in [4.78, 5) is 12.1. The number of fused-ring (bicyclic) bond motifs is 1. The minimum absolute atomic E-state index is 0.130. The van der Waals surface area contributed by atoms with Crippen LogP contribution in [0.2, 0.25) is 0 Å². The Morgan fingerprint density at radius 1 is 1.05 bits per heavy atom. The fraction of sp³-hybridized carbons (Fsp3) is 0.133. The molecule has 108 valence electrons. The lowest BCUT2D eigenvalue weighted by Gasteiger charge is -2.07. The molecule has 4 nitrogen and oxygen atoms in total. The highest BCUT2D eigenvalue weighted by molar-refractivity contribution is 9.11. The highest BCUT2D eigenvalue weighted by Gasteiger charge is 2.14. The number of amides is 1. The molecule has 2 aromatic carbocycles. The number of ether oxygens (including phenoxy) is 2. The van der Waals surface area contributed by atoms with Crippen molar-refractivity contribution >= 4 is 37.8 Å². The zero-order valence-corrected chi connectivity index (χ0v) is 14.0. The van der Waals surface area contributed by atoms with E-state index in [2.05, 4.69) is 37.2 Å². The molecule has 1 N–H and O–H groups in total. The molecule has 0 atom stereocenters. The summed E-state index contributed by atoms with van der Waals surface area (Å²) >= 11 is 6.74. The van der Waals surface area contributed by atoms with Gasteiger partial charge in [0.2, 0.25) is 6.79 Å². The lowest BCUT2D eigenvalue weighted by atomic mass is 10.2. The van der Waals surface area contributed by atoms with Gasteiger partial charge in [0.15, 0.2) is 11.5 Å². The number of nitrogens with one attached hydrogen (secondary N) is 1. The molecule has 0 unspecified atom stereocenters. The zero-order chi connectivity index (χ0) is 14.8. The highest BCUT2D eigenvalue weighted by Crippen LogP contribution is 2.32. The molecule has 0 saturated heterocycles. The van der Waals surface area contributed by atoms with Crippen molar-refractivity contribution in [3.8, 4) is 11.5 Å². The normalized spacial score (nSPS) is 12.3. The predicted octanol–water partition coefficient (Wildman–Crippen LogP) is 3.87. The van der Waals surface area contributed by atoms with Crippen molar-refractivity contribution in [1.82, 2.24) is 5.32 Å². The summed E-state index contributed by atoms with van der Waals surface area (Å²) in [5.74, 6) is 1.32. The Balaban J connectivity index is 1.68. The maximum absolute atomic E-state index is 12.1. The van der Waals surface area contributed by atoms with Gasteiger partial charge in [-0.25, -0.2) is 0 Å². The molecule has 1 amide bonds. The minimum atomic E-state index is -0.130. The molecule has 0 spiro atoms. The Kier molecular flexibility index (Phi) is 4.17. The molecule has 0 fully saturated rings. The van der Waals surface area contributed by atoms with Crippen LogP contribution < -0.4 is 14.8 Å². The number of benzene rings is 2. The number of halogens is 2. The molecule has 0 saturated carbocycles. The molecule has 6 heteroatoms. The van der Waals surface area contributed by atoms with E-state index >= 15 is 0 Å². The van der Waals surface area contributed by atoms with E-state index in [-0.39, 0.29) is 12.7 Å². The van der Waals surface area contributed by atoms with E-state index in [1.54, 1.807) is 12.1 Å². The average molecular weight is 413 g/mol. The van der Waals surface area contributed by atoms with Gasteiger partial charge in [0.1, 0.15) is 0 Å². The maximum Gasteiger partial charge on any atom is 0.251 e. The van der Waals surface area contributed by atoms with Gasteiger partial charge in [-0.2, -0.15) is 0 Å². The largest absolute Gasteiger partial charge is 0.454 e. The minimum Gasteiger partial charge on any atom is -0.454 e. The third-order valence-corrected chi connectivity index (χ3v) is 3.93. The van der Waals surface area contributed by atoms with Gasteiger partial charge in [0.05, 0.1) is 0 Å². The van der Waals surface area contributed by atoms with Crippen molar-refractivity contribution in [3.63, 3.8) is 0 Å². The Morgan fingerprint density at radius 3 is 2.52 bits per heavy atom. The Hall–Kier alpha value is -1.53. The van der Waals surface area contributed by atoms with Crippen LogP contribution in [0.4, 0.5) is 0 Å². The predicted molar refractivity (Wildman–Crippen MR) is 85.6 cm³/mol. The third-order valence-electron chi connectivity index (χ3n) is 3.01. The second kappa shape index (κ2) is 6.07. The van der Waals surface area contributed by atoms with Gasteiger partial charge in [-0.1, -0.05) is 37.9 Å². The van der Waals surface area contributed by atoms with Gasteiger partial charge < -0.3 is 14.8 Å². The lowest BCUT2D eigenvalue weighted by Crippen LogP contribution is -2.22. The van der Waals surface area contributed by atoms with Crippen molar-refractivity contribution in [2.45, 2.75) is 6.54 Å². The highest BCUT2D eigenvalue weighted by atomic mass is 79.9. The van der Waals surface area contributed by atoms with Crippen LogP contribution in [-0.4, -0.2) is 12.7 Å². The van der Waals surface area contributed by atoms with Crippen LogP contribution in [0.15, 0.2) is 45.3 Å². The molecule has 0 bridgehead atoms. The van der Waals surface area contributed by atoms with Crippen LogP contribution >= 0.6 is 31.9 Å². The Morgan fingerprint density at radius 2 is 1.76 bits per heavy atom. The second-order valence-corrected chi connectivity index (χ2v) is 6.36. The maximum atomic E-state index is 12.1. The summed E-state index contributed by atoms with van der Waals surface area (Å²) < 4.78 is 12.3. The van der Waals surface area contributed by atoms with Gasteiger partial charge in [0.25, 0.3) is 5.91 Å². The van der Waals surface area contributed by atoms with Gasteiger partial charge in [-0.15, -0.1) is 0 Å². The van der Waals surface area contributed by atoms with Crippen molar-refractivity contribution in [2.75, 3.05) is 6.79 Å². The SMILES string of the molecule is O=C(NCc1ccc2c(c1)OCO2)c1cc(Br)cc(Br)c1. The standard InChI is InChI=1S/C15H11Br2NO3/c16-11-4-10(5-12(17)6-11)15(19)18-7-9-1-2-13-14(3-9)21-8-20-13/h1-6H,7-8H2,(H,18,19). The van der Waals surface area contributed by atoms with Crippen molar-refractivity contribution in [3.05, 3.63) is 56.5 Å². The van der Waals surface area contributed by atoms with E-state index < -0.39 is 0 Å². The average Bonchev–Trinajstić information content (AvgIpc) is 2.91. The number of hydrogen-bond acceptors (Lipinski definition) is 3. The molecule has 0 radical (unpaired) electrons.